The van der Waals surface area contributed by atoms with Crippen LogP contribution in [0.1, 0.15) is 0 Å². The molecule has 1 unspecified atom stereocenters. The first kappa shape index (κ1) is 12.3. The third-order valence-corrected chi connectivity index (χ3v) is 2.49. The summed E-state index contributed by atoms with van der Waals surface area (Å²) in [7, 11) is 1.45. The molecule has 2 N–H and O–H groups in total. The van der Waals surface area contributed by atoms with E-state index in [0.717, 1.165) is 10.9 Å². The van der Waals surface area contributed by atoms with Crippen molar-refractivity contribution in [2.24, 2.45) is 0 Å². The zero-order chi connectivity index (χ0) is 13.0. The van der Waals surface area contributed by atoms with Gasteiger partial charge in [0.1, 0.15) is 18.2 Å². The number of benzene rings is 1. The van der Waals surface area contributed by atoms with Gasteiger partial charge in [-0.05, 0) is 12.1 Å². The molecule has 0 saturated carbocycles. The lowest BCUT2D eigenvalue weighted by Crippen LogP contribution is -2.34. The quantitative estimate of drug-likeness (QED) is 0.824. The number of rotatable bonds is 5. The van der Waals surface area contributed by atoms with Crippen molar-refractivity contribution in [1.29, 1.82) is 0 Å². The molecule has 1 atom stereocenters. The van der Waals surface area contributed by atoms with Crippen LogP contribution in [-0.2, 0) is 9.53 Å². The predicted molar refractivity (Wildman–Crippen MR) is 66.5 cm³/mol. The fourth-order valence-electron chi connectivity index (χ4n) is 1.63. The summed E-state index contributed by atoms with van der Waals surface area (Å²) in [5, 5.41) is 12.7. The minimum atomic E-state index is -0.987. The van der Waals surface area contributed by atoms with Crippen LogP contribution in [0.25, 0.3) is 10.9 Å². The molecule has 0 spiro atoms. The van der Waals surface area contributed by atoms with Gasteiger partial charge in [-0.2, -0.15) is 0 Å². The van der Waals surface area contributed by atoms with Crippen molar-refractivity contribution in [2.75, 3.05) is 19.0 Å². The number of carboxylic acids is 1. The normalized spacial score (nSPS) is 12.3. The number of hydrogen-bond acceptors (Lipinski definition) is 5. The van der Waals surface area contributed by atoms with E-state index in [1.807, 2.05) is 24.3 Å². The summed E-state index contributed by atoms with van der Waals surface area (Å²) in [6.07, 6.45) is 1.40. The first-order valence-corrected chi connectivity index (χ1v) is 5.40. The fraction of sp³-hybridized carbons (Fsp3) is 0.250. The number of aliphatic carboxylic acids is 1. The van der Waals surface area contributed by atoms with Gasteiger partial charge in [0.15, 0.2) is 0 Å². The van der Waals surface area contributed by atoms with Gasteiger partial charge < -0.3 is 15.2 Å². The molecule has 0 aliphatic rings. The second-order valence-electron chi connectivity index (χ2n) is 3.73. The van der Waals surface area contributed by atoms with Crippen molar-refractivity contribution in [3.05, 3.63) is 30.6 Å². The summed E-state index contributed by atoms with van der Waals surface area (Å²) in [4.78, 5) is 19.2. The maximum Gasteiger partial charge on any atom is 0.328 e. The summed E-state index contributed by atoms with van der Waals surface area (Å²) in [5.41, 5.74) is 0.761. The summed E-state index contributed by atoms with van der Waals surface area (Å²) in [5.74, 6) is -0.496. The smallest absolute Gasteiger partial charge is 0.328 e. The average Bonchev–Trinajstić information content (AvgIpc) is 2.38. The van der Waals surface area contributed by atoms with E-state index in [9.17, 15) is 4.79 Å². The van der Waals surface area contributed by atoms with Gasteiger partial charge in [0.25, 0.3) is 0 Å². The molecule has 18 heavy (non-hydrogen) atoms. The maximum absolute atomic E-state index is 11.0. The Balaban J connectivity index is 2.33. The van der Waals surface area contributed by atoms with Crippen LogP contribution in [0.5, 0.6) is 0 Å². The SMILES string of the molecule is COCC(Nc1ncnc2ccccc12)C(=O)O. The number of aromatic nitrogens is 2. The summed E-state index contributed by atoms with van der Waals surface area (Å²) < 4.78 is 4.86. The molecule has 0 saturated heterocycles. The molecular formula is C12H13N3O3. The van der Waals surface area contributed by atoms with Crippen LogP contribution in [0, 0.1) is 0 Å². The highest BCUT2D eigenvalue weighted by molar-refractivity contribution is 5.90. The molecule has 0 aliphatic carbocycles. The molecule has 2 aromatic rings. The number of nitrogens with one attached hydrogen (secondary N) is 1. The third-order valence-electron chi connectivity index (χ3n) is 2.49. The van der Waals surface area contributed by atoms with Gasteiger partial charge in [-0.15, -0.1) is 0 Å². The van der Waals surface area contributed by atoms with Crippen LogP contribution in [-0.4, -0.2) is 40.8 Å². The molecular weight excluding hydrogens is 234 g/mol. The van der Waals surface area contributed by atoms with Crippen molar-refractivity contribution in [1.82, 2.24) is 9.97 Å². The molecule has 6 nitrogen and oxygen atoms in total. The standard InChI is InChI=1S/C12H13N3O3/c1-18-6-10(12(16)17)15-11-8-4-2-3-5-9(8)13-7-14-11/h2-5,7,10H,6H2,1H3,(H,16,17)(H,13,14,15). The molecule has 0 radical (unpaired) electrons. The molecule has 1 heterocycles. The highest BCUT2D eigenvalue weighted by Gasteiger charge is 2.18. The lowest BCUT2D eigenvalue weighted by atomic mass is 10.2. The number of para-hydroxylation sites is 1. The van der Waals surface area contributed by atoms with Crippen LogP contribution in [0.3, 0.4) is 0 Å². The van der Waals surface area contributed by atoms with Gasteiger partial charge in [-0.3, -0.25) is 0 Å². The molecule has 0 bridgehead atoms. The van der Waals surface area contributed by atoms with Crippen molar-refractivity contribution in [3.63, 3.8) is 0 Å². The van der Waals surface area contributed by atoms with E-state index >= 15 is 0 Å². The molecule has 0 fully saturated rings. The van der Waals surface area contributed by atoms with Crippen molar-refractivity contribution in [3.8, 4) is 0 Å². The first-order chi connectivity index (χ1) is 8.72. The van der Waals surface area contributed by atoms with Crippen LogP contribution in [0.4, 0.5) is 5.82 Å². The lowest BCUT2D eigenvalue weighted by molar-refractivity contribution is -0.139. The Kier molecular flexibility index (Phi) is 3.69. The molecule has 0 aliphatic heterocycles. The van der Waals surface area contributed by atoms with Gasteiger partial charge in [0.2, 0.25) is 0 Å². The average molecular weight is 247 g/mol. The zero-order valence-corrected chi connectivity index (χ0v) is 9.83. The van der Waals surface area contributed by atoms with E-state index in [-0.39, 0.29) is 6.61 Å². The van der Waals surface area contributed by atoms with E-state index in [0.29, 0.717) is 5.82 Å². The van der Waals surface area contributed by atoms with E-state index in [2.05, 4.69) is 15.3 Å². The van der Waals surface area contributed by atoms with E-state index < -0.39 is 12.0 Å². The Morgan fingerprint density at radius 1 is 1.44 bits per heavy atom. The minimum Gasteiger partial charge on any atom is -0.480 e. The number of carbonyl (C=O) groups is 1. The topological polar surface area (TPSA) is 84.3 Å². The van der Waals surface area contributed by atoms with Gasteiger partial charge in [0, 0.05) is 12.5 Å². The first-order valence-electron chi connectivity index (χ1n) is 5.40. The molecule has 94 valence electrons. The van der Waals surface area contributed by atoms with Crippen molar-refractivity contribution < 1.29 is 14.6 Å². The number of carboxylic acid groups (broad SMARTS) is 1. The van der Waals surface area contributed by atoms with Gasteiger partial charge in [-0.25, -0.2) is 14.8 Å². The summed E-state index contributed by atoms with van der Waals surface area (Å²) >= 11 is 0. The van der Waals surface area contributed by atoms with Crippen LogP contribution >= 0.6 is 0 Å². The van der Waals surface area contributed by atoms with Crippen molar-refractivity contribution >= 4 is 22.7 Å². The number of anilines is 1. The number of hydrogen-bond donors (Lipinski definition) is 2. The summed E-state index contributed by atoms with van der Waals surface area (Å²) in [6, 6.07) is 6.55. The highest BCUT2D eigenvalue weighted by atomic mass is 16.5. The second kappa shape index (κ2) is 5.42. The molecule has 0 amide bonds. The Bertz CT molecular complexity index is 554. The second-order valence-corrected chi connectivity index (χ2v) is 3.73. The van der Waals surface area contributed by atoms with Crippen LogP contribution < -0.4 is 5.32 Å². The number of methoxy groups -OCH3 is 1. The lowest BCUT2D eigenvalue weighted by Gasteiger charge is -2.15. The predicted octanol–water partition coefficient (Wildman–Crippen LogP) is 1.14. The number of nitrogens with zero attached hydrogens (tertiary/aromatic N) is 2. The Morgan fingerprint density at radius 3 is 2.94 bits per heavy atom. The van der Waals surface area contributed by atoms with E-state index in [1.165, 1.54) is 13.4 Å². The largest absolute Gasteiger partial charge is 0.480 e. The highest BCUT2D eigenvalue weighted by Crippen LogP contribution is 2.19. The molecule has 2 rings (SSSR count). The van der Waals surface area contributed by atoms with Gasteiger partial charge >= 0.3 is 5.97 Å². The van der Waals surface area contributed by atoms with Crippen LogP contribution in [0.15, 0.2) is 30.6 Å². The van der Waals surface area contributed by atoms with Crippen molar-refractivity contribution in [2.45, 2.75) is 6.04 Å². The Labute approximate surface area is 104 Å². The number of ether oxygens (including phenoxy) is 1. The maximum atomic E-state index is 11.0. The molecule has 1 aromatic carbocycles. The van der Waals surface area contributed by atoms with E-state index in [4.69, 9.17) is 9.84 Å². The summed E-state index contributed by atoms with van der Waals surface area (Å²) in [6.45, 7) is 0.0632. The monoisotopic (exact) mass is 247 g/mol. The Morgan fingerprint density at radius 2 is 2.22 bits per heavy atom. The van der Waals surface area contributed by atoms with Gasteiger partial charge in [0.05, 0.1) is 12.1 Å². The molecule has 6 heteroatoms. The fourth-order valence-corrected chi connectivity index (χ4v) is 1.63. The third kappa shape index (κ3) is 2.54. The van der Waals surface area contributed by atoms with Crippen LogP contribution in [0.2, 0.25) is 0 Å². The van der Waals surface area contributed by atoms with E-state index in [1.54, 1.807) is 0 Å². The molecule has 1 aromatic heterocycles. The number of fused-ring (bicyclic) bond motifs is 1. The Hall–Kier alpha value is -2.21. The minimum absolute atomic E-state index is 0.0632. The van der Waals surface area contributed by atoms with Gasteiger partial charge in [-0.1, -0.05) is 12.1 Å². The zero-order valence-electron chi connectivity index (χ0n) is 9.83.